The summed E-state index contributed by atoms with van der Waals surface area (Å²) in [6.07, 6.45) is 3.39. The van der Waals surface area contributed by atoms with Crippen LogP contribution in [0.4, 0.5) is 5.82 Å². The Kier molecular flexibility index (Phi) is 4.41. The predicted octanol–water partition coefficient (Wildman–Crippen LogP) is 3.08. The molecule has 0 saturated heterocycles. The SMILES string of the molecule is COc1nccc(I)c1Cn1cnc(N)c2nc(-c3ccccc3)nc1-2. The largest absolute Gasteiger partial charge is 0.481 e. The number of anilines is 1. The van der Waals surface area contributed by atoms with Crippen LogP contribution >= 0.6 is 22.6 Å². The number of aromatic nitrogens is 5. The predicted molar refractivity (Wildman–Crippen MR) is 107 cm³/mol. The summed E-state index contributed by atoms with van der Waals surface area (Å²) >= 11 is 2.27. The maximum Gasteiger partial charge on any atom is 0.219 e. The Morgan fingerprint density at radius 3 is 2.69 bits per heavy atom. The second kappa shape index (κ2) is 6.87. The third-order valence-electron chi connectivity index (χ3n) is 4.01. The summed E-state index contributed by atoms with van der Waals surface area (Å²) in [5.41, 5.74) is 8.51. The highest BCUT2D eigenvalue weighted by molar-refractivity contribution is 14.1. The number of fused-ring (bicyclic) bond motifs is 1. The van der Waals surface area contributed by atoms with Crippen LogP contribution in [-0.2, 0) is 6.54 Å². The molecule has 2 N–H and O–H groups in total. The topological polar surface area (TPSA) is 91.7 Å². The van der Waals surface area contributed by atoms with Crippen molar-refractivity contribution in [3.05, 3.63) is 58.1 Å². The Morgan fingerprint density at radius 1 is 1.12 bits per heavy atom. The van der Waals surface area contributed by atoms with E-state index in [2.05, 4.69) is 37.5 Å². The van der Waals surface area contributed by atoms with E-state index in [0.29, 0.717) is 35.6 Å². The number of imidazole rings is 1. The van der Waals surface area contributed by atoms with Crippen molar-refractivity contribution in [2.75, 3.05) is 12.8 Å². The van der Waals surface area contributed by atoms with Gasteiger partial charge in [-0.25, -0.2) is 19.9 Å². The summed E-state index contributed by atoms with van der Waals surface area (Å²) in [6, 6.07) is 11.7. The average molecular weight is 458 g/mol. The third kappa shape index (κ3) is 2.96. The highest BCUT2D eigenvalue weighted by Crippen LogP contribution is 2.30. The van der Waals surface area contributed by atoms with E-state index in [-0.39, 0.29) is 0 Å². The van der Waals surface area contributed by atoms with Crippen LogP contribution in [0.1, 0.15) is 5.56 Å². The third-order valence-corrected chi connectivity index (χ3v) is 5.02. The number of nitrogens with zero attached hydrogens (tertiary/aromatic N) is 5. The molecule has 130 valence electrons. The lowest BCUT2D eigenvalue weighted by Crippen LogP contribution is -2.11. The number of rotatable bonds is 4. The van der Waals surface area contributed by atoms with Gasteiger partial charge in [-0.05, 0) is 28.7 Å². The molecule has 0 bridgehead atoms. The summed E-state index contributed by atoms with van der Waals surface area (Å²) in [5.74, 6) is 2.25. The zero-order valence-electron chi connectivity index (χ0n) is 13.9. The van der Waals surface area contributed by atoms with Crippen molar-refractivity contribution in [1.29, 1.82) is 0 Å². The quantitative estimate of drug-likeness (QED) is 0.473. The van der Waals surface area contributed by atoms with Crippen LogP contribution in [-0.4, -0.2) is 31.6 Å². The highest BCUT2D eigenvalue weighted by Gasteiger charge is 2.21. The molecule has 8 heteroatoms. The van der Waals surface area contributed by atoms with Crippen LogP contribution in [0.25, 0.3) is 22.9 Å². The molecule has 2 aliphatic rings. The van der Waals surface area contributed by atoms with E-state index in [1.807, 2.05) is 41.0 Å². The summed E-state index contributed by atoms with van der Waals surface area (Å²) < 4.78 is 8.36. The van der Waals surface area contributed by atoms with E-state index in [4.69, 9.17) is 15.5 Å². The van der Waals surface area contributed by atoms with Gasteiger partial charge in [0.15, 0.2) is 23.2 Å². The van der Waals surface area contributed by atoms with Gasteiger partial charge in [0.2, 0.25) is 5.88 Å². The highest BCUT2D eigenvalue weighted by atomic mass is 127. The van der Waals surface area contributed by atoms with Crippen LogP contribution in [0.15, 0.2) is 48.9 Å². The van der Waals surface area contributed by atoms with Gasteiger partial charge in [0, 0.05) is 20.9 Å². The van der Waals surface area contributed by atoms with Crippen molar-refractivity contribution in [2.24, 2.45) is 0 Å². The lowest BCUT2D eigenvalue weighted by atomic mass is 10.2. The number of halogens is 1. The normalized spacial score (nSPS) is 11.0. The zero-order valence-corrected chi connectivity index (χ0v) is 16.1. The molecule has 3 heterocycles. The summed E-state index contributed by atoms with van der Waals surface area (Å²) in [6.45, 7) is 0.506. The molecule has 1 aromatic heterocycles. The monoisotopic (exact) mass is 458 g/mol. The van der Waals surface area contributed by atoms with Crippen LogP contribution in [0.5, 0.6) is 5.88 Å². The molecule has 0 amide bonds. The fourth-order valence-electron chi connectivity index (χ4n) is 2.73. The fraction of sp³-hybridized carbons (Fsp3) is 0.111. The van der Waals surface area contributed by atoms with Gasteiger partial charge in [-0.15, -0.1) is 0 Å². The van der Waals surface area contributed by atoms with Gasteiger partial charge >= 0.3 is 0 Å². The first-order chi connectivity index (χ1) is 12.7. The number of pyridine rings is 1. The average Bonchev–Trinajstić information content (AvgIpc) is 3.12. The van der Waals surface area contributed by atoms with Crippen molar-refractivity contribution in [1.82, 2.24) is 24.5 Å². The van der Waals surface area contributed by atoms with E-state index in [0.717, 1.165) is 14.7 Å². The molecule has 0 fully saturated rings. The second-order valence-corrected chi connectivity index (χ2v) is 6.79. The molecule has 0 atom stereocenters. The molecule has 7 nitrogen and oxygen atoms in total. The lowest BCUT2D eigenvalue weighted by molar-refractivity contribution is 0.390. The number of nitrogens with two attached hydrogens (primary N) is 1. The maximum absolute atomic E-state index is 6.03. The molecule has 2 aliphatic heterocycles. The standard InChI is InChI=1S/C18H15IN6O/c1-26-18-12(13(19)7-8-21-18)9-25-10-22-15(20)14-17(25)24-16(23-14)11-5-3-2-4-6-11/h2-8,10H,9,20H2,1H3. The molecule has 26 heavy (non-hydrogen) atoms. The number of methoxy groups -OCH3 is 1. The van der Waals surface area contributed by atoms with Crippen LogP contribution in [0, 0.1) is 3.57 Å². The van der Waals surface area contributed by atoms with Gasteiger partial charge in [0.25, 0.3) is 0 Å². The fourth-order valence-corrected chi connectivity index (χ4v) is 3.29. The summed E-state index contributed by atoms with van der Waals surface area (Å²) in [7, 11) is 1.61. The minimum atomic E-state index is 0.360. The summed E-state index contributed by atoms with van der Waals surface area (Å²) in [5, 5.41) is 0. The van der Waals surface area contributed by atoms with Crippen LogP contribution in [0.2, 0.25) is 0 Å². The molecule has 0 saturated carbocycles. The molecular formula is C18H15IN6O. The molecule has 1 aromatic carbocycles. The molecule has 0 unspecified atom stereocenters. The van der Waals surface area contributed by atoms with Gasteiger partial charge in [-0.3, -0.25) is 0 Å². The Balaban J connectivity index is 1.82. The number of benzene rings is 1. The molecular weight excluding hydrogens is 443 g/mol. The minimum Gasteiger partial charge on any atom is -0.481 e. The van der Waals surface area contributed by atoms with Crippen molar-refractivity contribution >= 4 is 28.4 Å². The first-order valence-corrected chi connectivity index (χ1v) is 8.96. The molecule has 4 rings (SSSR count). The molecule has 2 aromatic rings. The molecule has 0 spiro atoms. The number of hydrogen-bond donors (Lipinski definition) is 1. The minimum absolute atomic E-state index is 0.360. The number of ether oxygens (including phenoxy) is 1. The van der Waals surface area contributed by atoms with Gasteiger partial charge in [0.1, 0.15) is 0 Å². The smallest absolute Gasteiger partial charge is 0.219 e. The first-order valence-electron chi connectivity index (χ1n) is 7.88. The van der Waals surface area contributed by atoms with E-state index in [1.165, 1.54) is 0 Å². The van der Waals surface area contributed by atoms with Crippen molar-refractivity contribution < 1.29 is 4.74 Å². The van der Waals surface area contributed by atoms with Crippen molar-refractivity contribution in [3.63, 3.8) is 0 Å². The van der Waals surface area contributed by atoms with Crippen LogP contribution in [0.3, 0.4) is 0 Å². The molecule has 0 radical (unpaired) electrons. The second-order valence-electron chi connectivity index (χ2n) is 5.62. The zero-order chi connectivity index (χ0) is 18.1. The van der Waals surface area contributed by atoms with Crippen molar-refractivity contribution in [2.45, 2.75) is 6.54 Å². The molecule has 0 aliphatic carbocycles. The Bertz CT molecular complexity index is 1030. The van der Waals surface area contributed by atoms with Gasteiger partial charge in [-0.1, -0.05) is 30.3 Å². The first kappa shape index (κ1) is 16.7. The Hall–Kier alpha value is -2.75. The van der Waals surface area contributed by atoms with Crippen LogP contribution < -0.4 is 10.5 Å². The number of hydrogen-bond acceptors (Lipinski definition) is 6. The maximum atomic E-state index is 6.03. The Labute approximate surface area is 163 Å². The van der Waals surface area contributed by atoms with E-state index in [9.17, 15) is 0 Å². The Morgan fingerprint density at radius 2 is 1.92 bits per heavy atom. The van der Waals surface area contributed by atoms with E-state index < -0.39 is 0 Å². The van der Waals surface area contributed by atoms with E-state index >= 15 is 0 Å². The van der Waals surface area contributed by atoms with Crippen molar-refractivity contribution in [3.8, 4) is 28.8 Å². The lowest BCUT2D eigenvalue weighted by Gasteiger charge is -2.14. The van der Waals surface area contributed by atoms with Gasteiger partial charge < -0.3 is 15.0 Å². The number of nitrogen functional groups attached to an aromatic ring is 1. The van der Waals surface area contributed by atoms with Gasteiger partial charge in [-0.2, -0.15) is 0 Å². The van der Waals surface area contributed by atoms with E-state index in [1.54, 1.807) is 19.6 Å². The summed E-state index contributed by atoms with van der Waals surface area (Å²) in [4.78, 5) is 17.8. The van der Waals surface area contributed by atoms with Gasteiger partial charge in [0.05, 0.1) is 20.0 Å².